The van der Waals surface area contributed by atoms with Crippen molar-refractivity contribution in [2.45, 2.75) is 32.4 Å². The molecule has 0 amide bonds. The minimum absolute atomic E-state index is 0.0818. The number of rotatable bonds is 8. The normalized spacial score (nSPS) is 12.6. The second-order valence-electron chi connectivity index (χ2n) is 3.80. The second-order valence-corrected chi connectivity index (χ2v) is 3.80. The lowest BCUT2D eigenvalue weighted by Crippen LogP contribution is -2.38. The molecule has 0 radical (unpaired) electrons. The first kappa shape index (κ1) is 17.0. The van der Waals surface area contributed by atoms with Gasteiger partial charge in [0.2, 0.25) is 0 Å². The zero-order valence-electron chi connectivity index (χ0n) is 10.9. The van der Waals surface area contributed by atoms with Gasteiger partial charge in [0, 0.05) is 26.7 Å². The number of nitrogens with zero attached hydrogens (tertiary/aromatic N) is 1. The number of nitrogens with one attached hydrogen (secondary N) is 2. The van der Waals surface area contributed by atoms with Gasteiger partial charge in [-0.05, 0) is 12.8 Å². The summed E-state index contributed by atoms with van der Waals surface area (Å²) in [6, 6.07) is 0. The lowest BCUT2D eigenvalue weighted by molar-refractivity contribution is -0.173. The van der Waals surface area contributed by atoms with Crippen LogP contribution in [0.15, 0.2) is 4.99 Å². The fourth-order valence-electron chi connectivity index (χ4n) is 1.17. The largest absolute Gasteiger partial charge is 0.411 e. The van der Waals surface area contributed by atoms with Crippen LogP contribution in [0.5, 0.6) is 0 Å². The average Bonchev–Trinajstić information content (AvgIpc) is 2.30. The van der Waals surface area contributed by atoms with Crippen LogP contribution < -0.4 is 10.6 Å². The van der Waals surface area contributed by atoms with Crippen molar-refractivity contribution in [3.05, 3.63) is 0 Å². The van der Waals surface area contributed by atoms with Crippen molar-refractivity contribution in [3.8, 4) is 0 Å². The molecule has 0 aliphatic carbocycles. The molecule has 0 saturated carbocycles. The van der Waals surface area contributed by atoms with Crippen molar-refractivity contribution in [2.75, 3.05) is 33.4 Å². The Labute approximate surface area is 106 Å². The van der Waals surface area contributed by atoms with Gasteiger partial charge in [0.25, 0.3) is 0 Å². The molecule has 0 heterocycles. The van der Waals surface area contributed by atoms with Gasteiger partial charge in [0.1, 0.15) is 6.61 Å². The Hall–Kier alpha value is -0.980. The van der Waals surface area contributed by atoms with Crippen molar-refractivity contribution in [3.63, 3.8) is 0 Å². The third-order valence-electron chi connectivity index (χ3n) is 2.07. The number of hydrogen-bond acceptors (Lipinski definition) is 2. The van der Waals surface area contributed by atoms with E-state index in [9.17, 15) is 13.2 Å². The van der Waals surface area contributed by atoms with Crippen LogP contribution in [0, 0.1) is 0 Å². The molecule has 0 atom stereocenters. The van der Waals surface area contributed by atoms with E-state index in [4.69, 9.17) is 0 Å². The molecule has 0 bridgehead atoms. The van der Waals surface area contributed by atoms with Crippen LogP contribution in [0.1, 0.15) is 26.2 Å². The highest BCUT2D eigenvalue weighted by molar-refractivity contribution is 5.79. The van der Waals surface area contributed by atoms with Crippen LogP contribution in [0.25, 0.3) is 0 Å². The van der Waals surface area contributed by atoms with Crippen molar-refractivity contribution in [1.82, 2.24) is 10.6 Å². The van der Waals surface area contributed by atoms with Crippen LogP contribution in [0.3, 0.4) is 0 Å². The SMILES string of the molecule is CCCCNC(=NC)NCCCOCC(F)(F)F. The molecule has 108 valence electrons. The summed E-state index contributed by atoms with van der Waals surface area (Å²) >= 11 is 0. The third kappa shape index (κ3) is 11.5. The zero-order valence-corrected chi connectivity index (χ0v) is 10.9. The van der Waals surface area contributed by atoms with Crippen molar-refractivity contribution in [1.29, 1.82) is 0 Å². The molecule has 0 aromatic rings. The van der Waals surface area contributed by atoms with Gasteiger partial charge in [-0.15, -0.1) is 0 Å². The summed E-state index contributed by atoms with van der Waals surface area (Å²) in [5.74, 6) is 0.666. The van der Waals surface area contributed by atoms with Gasteiger partial charge in [-0.2, -0.15) is 13.2 Å². The molecule has 7 heteroatoms. The predicted molar refractivity (Wildman–Crippen MR) is 65.8 cm³/mol. The summed E-state index contributed by atoms with van der Waals surface area (Å²) in [4.78, 5) is 3.99. The van der Waals surface area contributed by atoms with E-state index in [0.717, 1.165) is 19.4 Å². The predicted octanol–water partition coefficient (Wildman–Crippen LogP) is 1.92. The molecule has 18 heavy (non-hydrogen) atoms. The molecule has 0 unspecified atom stereocenters. The maximum atomic E-state index is 11.8. The van der Waals surface area contributed by atoms with E-state index in [-0.39, 0.29) is 6.61 Å². The number of halogens is 3. The third-order valence-corrected chi connectivity index (χ3v) is 2.07. The van der Waals surface area contributed by atoms with E-state index in [1.165, 1.54) is 0 Å². The molecule has 0 aliphatic heterocycles. The number of guanidine groups is 1. The van der Waals surface area contributed by atoms with E-state index < -0.39 is 12.8 Å². The van der Waals surface area contributed by atoms with Gasteiger partial charge in [0.15, 0.2) is 5.96 Å². The first-order valence-electron chi connectivity index (χ1n) is 6.08. The second kappa shape index (κ2) is 9.99. The van der Waals surface area contributed by atoms with Crippen LogP contribution in [-0.4, -0.2) is 45.5 Å². The van der Waals surface area contributed by atoms with E-state index in [0.29, 0.717) is 18.9 Å². The number of ether oxygens (including phenoxy) is 1. The fraction of sp³-hybridized carbons (Fsp3) is 0.909. The summed E-state index contributed by atoms with van der Waals surface area (Å²) in [5, 5.41) is 6.11. The number of alkyl halides is 3. The summed E-state index contributed by atoms with van der Waals surface area (Å²) in [6.45, 7) is 2.36. The zero-order chi connectivity index (χ0) is 13.9. The van der Waals surface area contributed by atoms with Gasteiger partial charge in [-0.25, -0.2) is 0 Å². The summed E-state index contributed by atoms with van der Waals surface area (Å²) in [6.07, 6.45) is -1.60. The van der Waals surface area contributed by atoms with E-state index >= 15 is 0 Å². The number of hydrogen-bond donors (Lipinski definition) is 2. The van der Waals surface area contributed by atoms with Gasteiger partial charge in [-0.1, -0.05) is 13.3 Å². The molecule has 0 aliphatic rings. The van der Waals surface area contributed by atoms with Crippen molar-refractivity contribution >= 4 is 5.96 Å². The van der Waals surface area contributed by atoms with Crippen molar-refractivity contribution < 1.29 is 17.9 Å². The van der Waals surface area contributed by atoms with E-state index in [2.05, 4.69) is 27.3 Å². The molecule has 2 N–H and O–H groups in total. The van der Waals surface area contributed by atoms with Gasteiger partial charge < -0.3 is 15.4 Å². The number of unbranched alkanes of at least 4 members (excludes halogenated alkanes) is 1. The lowest BCUT2D eigenvalue weighted by Gasteiger charge is -2.11. The lowest BCUT2D eigenvalue weighted by atomic mass is 10.3. The fourth-order valence-corrected chi connectivity index (χ4v) is 1.17. The van der Waals surface area contributed by atoms with Gasteiger partial charge in [0.05, 0.1) is 0 Å². The highest BCUT2D eigenvalue weighted by atomic mass is 19.4. The quantitative estimate of drug-likeness (QED) is 0.402. The Morgan fingerprint density at radius 1 is 1.17 bits per heavy atom. The molecule has 4 nitrogen and oxygen atoms in total. The average molecular weight is 269 g/mol. The van der Waals surface area contributed by atoms with Crippen LogP contribution in [-0.2, 0) is 4.74 Å². The Morgan fingerprint density at radius 2 is 1.78 bits per heavy atom. The van der Waals surface area contributed by atoms with Crippen LogP contribution in [0.2, 0.25) is 0 Å². The highest BCUT2D eigenvalue weighted by Gasteiger charge is 2.27. The van der Waals surface area contributed by atoms with Gasteiger partial charge >= 0.3 is 6.18 Å². The topological polar surface area (TPSA) is 45.7 Å². The van der Waals surface area contributed by atoms with Crippen LogP contribution in [0.4, 0.5) is 13.2 Å². The van der Waals surface area contributed by atoms with Gasteiger partial charge in [-0.3, -0.25) is 4.99 Å². The molecule has 0 aromatic carbocycles. The molecule has 0 spiro atoms. The molecule has 0 aromatic heterocycles. The molecular formula is C11H22F3N3O. The Balaban J connectivity index is 3.46. The summed E-state index contributed by atoms with van der Waals surface area (Å²) in [7, 11) is 1.65. The summed E-state index contributed by atoms with van der Waals surface area (Å²) in [5.41, 5.74) is 0. The Bertz CT molecular complexity index is 232. The maximum absolute atomic E-state index is 11.8. The minimum atomic E-state index is -4.24. The Kier molecular flexibility index (Phi) is 9.45. The molecule has 0 fully saturated rings. The van der Waals surface area contributed by atoms with Crippen molar-refractivity contribution in [2.24, 2.45) is 4.99 Å². The van der Waals surface area contributed by atoms with E-state index in [1.807, 2.05) is 0 Å². The monoisotopic (exact) mass is 269 g/mol. The van der Waals surface area contributed by atoms with Crippen LogP contribution >= 0.6 is 0 Å². The molecule has 0 rings (SSSR count). The maximum Gasteiger partial charge on any atom is 0.411 e. The smallest absolute Gasteiger partial charge is 0.372 e. The first-order chi connectivity index (χ1) is 8.49. The highest BCUT2D eigenvalue weighted by Crippen LogP contribution is 2.14. The minimum Gasteiger partial charge on any atom is -0.372 e. The standard InChI is InChI=1S/C11H22F3N3O/c1-3-4-6-16-10(15-2)17-7-5-8-18-9-11(12,13)14/h3-9H2,1-2H3,(H2,15,16,17). The first-order valence-corrected chi connectivity index (χ1v) is 6.08. The molecule has 0 saturated heterocycles. The Morgan fingerprint density at radius 3 is 2.28 bits per heavy atom. The van der Waals surface area contributed by atoms with E-state index in [1.54, 1.807) is 7.05 Å². The number of aliphatic imine (C=N–C) groups is 1. The summed E-state index contributed by atoms with van der Waals surface area (Å²) < 4.78 is 39.7. The molecular weight excluding hydrogens is 247 g/mol.